The van der Waals surface area contributed by atoms with Crippen LogP contribution in [0, 0.1) is 0 Å². The number of anilines is 3. The van der Waals surface area contributed by atoms with Crippen LogP contribution in [0.15, 0.2) is 43.1 Å². The predicted octanol–water partition coefficient (Wildman–Crippen LogP) is 2.75. The lowest BCUT2D eigenvalue weighted by Crippen LogP contribution is -2.33. The standard InChI is InChI=1S/C22H24ClN7O3/c1-33-19-5-4-14(7-18(19)23)8-26-20-17(21(32)28-15-9-24-13-25-10-15)11-27-22(29-20)30-6-2-3-16(30)12-31/h4-5,7,9-11,13,16,31H,2-3,6,8,12H2,1H3,(H,28,32)(H,26,27,29)/t16-/m0/s1. The minimum absolute atomic E-state index is 0.0205. The van der Waals surface area contributed by atoms with Crippen molar-refractivity contribution in [1.29, 1.82) is 0 Å². The molecule has 0 aliphatic carbocycles. The van der Waals surface area contributed by atoms with Gasteiger partial charge in [0.15, 0.2) is 0 Å². The lowest BCUT2D eigenvalue weighted by atomic mass is 10.2. The first-order valence-corrected chi connectivity index (χ1v) is 10.8. The van der Waals surface area contributed by atoms with Crippen LogP contribution in [0.4, 0.5) is 17.5 Å². The maximum atomic E-state index is 13.0. The minimum Gasteiger partial charge on any atom is -0.495 e. The molecule has 3 aromatic rings. The highest BCUT2D eigenvalue weighted by molar-refractivity contribution is 6.32. The molecule has 3 heterocycles. The average molecular weight is 470 g/mol. The number of hydrogen-bond acceptors (Lipinski definition) is 9. The summed E-state index contributed by atoms with van der Waals surface area (Å²) in [6.07, 6.45) is 7.68. The Morgan fingerprint density at radius 3 is 2.85 bits per heavy atom. The minimum atomic E-state index is -0.397. The van der Waals surface area contributed by atoms with Gasteiger partial charge in [0.2, 0.25) is 5.95 Å². The number of ether oxygens (including phenoxy) is 1. The number of rotatable bonds is 8. The number of aliphatic hydroxyl groups is 1. The quantitative estimate of drug-likeness (QED) is 0.456. The molecule has 3 N–H and O–H groups in total. The molecule has 1 amide bonds. The molecule has 1 aliphatic heterocycles. The number of carbonyl (C=O) groups is 1. The van der Waals surface area contributed by atoms with E-state index in [0.717, 1.165) is 24.9 Å². The summed E-state index contributed by atoms with van der Waals surface area (Å²) in [6.45, 7) is 1.14. The Morgan fingerprint density at radius 2 is 2.12 bits per heavy atom. The molecule has 1 saturated heterocycles. The molecule has 1 aromatic carbocycles. The number of amides is 1. The maximum absolute atomic E-state index is 13.0. The zero-order valence-electron chi connectivity index (χ0n) is 18.0. The normalized spacial score (nSPS) is 15.4. The van der Waals surface area contributed by atoms with Gasteiger partial charge in [0, 0.05) is 19.3 Å². The van der Waals surface area contributed by atoms with Crippen molar-refractivity contribution < 1.29 is 14.6 Å². The molecule has 33 heavy (non-hydrogen) atoms. The van der Waals surface area contributed by atoms with Gasteiger partial charge in [-0.05, 0) is 30.5 Å². The van der Waals surface area contributed by atoms with Gasteiger partial charge in [0.25, 0.3) is 5.91 Å². The van der Waals surface area contributed by atoms with E-state index < -0.39 is 5.91 Å². The number of benzene rings is 1. The molecular weight excluding hydrogens is 446 g/mol. The lowest BCUT2D eigenvalue weighted by Gasteiger charge is -2.24. The molecule has 0 spiro atoms. The summed E-state index contributed by atoms with van der Waals surface area (Å²) in [7, 11) is 1.56. The molecule has 2 aromatic heterocycles. The topological polar surface area (TPSA) is 125 Å². The van der Waals surface area contributed by atoms with Crippen molar-refractivity contribution in [2.75, 3.05) is 35.8 Å². The zero-order valence-corrected chi connectivity index (χ0v) is 18.8. The highest BCUT2D eigenvalue weighted by atomic mass is 35.5. The summed E-state index contributed by atoms with van der Waals surface area (Å²) in [5.74, 6) is 1.01. The largest absolute Gasteiger partial charge is 0.495 e. The Kier molecular flexibility index (Phi) is 7.16. The van der Waals surface area contributed by atoms with Crippen LogP contribution in [0.5, 0.6) is 5.75 Å². The number of methoxy groups -OCH3 is 1. The summed E-state index contributed by atoms with van der Waals surface area (Å²) in [5.41, 5.74) is 1.61. The Balaban J connectivity index is 1.61. The third-order valence-corrected chi connectivity index (χ3v) is 5.66. The Morgan fingerprint density at radius 1 is 1.30 bits per heavy atom. The molecule has 1 aliphatic rings. The van der Waals surface area contributed by atoms with Crippen LogP contribution >= 0.6 is 11.6 Å². The highest BCUT2D eigenvalue weighted by Gasteiger charge is 2.27. The summed E-state index contributed by atoms with van der Waals surface area (Å²) >= 11 is 6.24. The molecular formula is C22H24ClN7O3. The van der Waals surface area contributed by atoms with Crippen LogP contribution in [0.3, 0.4) is 0 Å². The van der Waals surface area contributed by atoms with Gasteiger partial charge in [0.05, 0.1) is 42.9 Å². The van der Waals surface area contributed by atoms with Crippen LogP contribution in [0.25, 0.3) is 0 Å². The van der Waals surface area contributed by atoms with E-state index in [1.807, 2.05) is 11.0 Å². The second-order valence-electron chi connectivity index (χ2n) is 7.51. The molecule has 0 radical (unpaired) electrons. The zero-order chi connectivity index (χ0) is 23.2. The van der Waals surface area contributed by atoms with Crippen LogP contribution in [-0.2, 0) is 6.54 Å². The second kappa shape index (κ2) is 10.4. The van der Waals surface area contributed by atoms with Crippen LogP contribution in [0.2, 0.25) is 5.02 Å². The second-order valence-corrected chi connectivity index (χ2v) is 7.92. The summed E-state index contributed by atoms with van der Waals surface area (Å²) in [6, 6.07) is 5.41. The van der Waals surface area contributed by atoms with Gasteiger partial charge < -0.3 is 25.4 Å². The SMILES string of the molecule is COc1ccc(CNc2nc(N3CCC[C@H]3CO)ncc2C(=O)Nc2cncnc2)cc1Cl. The van der Waals surface area contributed by atoms with E-state index in [1.165, 1.54) is 24.9 Å². The van der Waals surface area contributed by atoms with E-state index >= 15 is 0 Å². The van der Waals surface area contributed by atoms with Gasteiger partial charge in [-0.25, -0.2) is 15.0 Å². The molecule has 0 bridgehead atoms. The first kappa shape index (κ1) is 22.7. The van der Waals surface area contributed by atoms with Crippen molar-refractivity contribution in [2.24, 2.45) is 0 Å². The van der Waals surface area contributed by atoms with E-state index in [1.54, 1.807) is 19.2 Å². The smallest absolute Gasteiger partial charge is 0.261 e. The molecule has 1 atom stereocenters. The monoisotopic (exact) mass is 469 g/mol. The fourth-order valence-electron chi connectivity index (χ4n) is 3.67. The number of nitrogens with zero attached hydrogens (tertiary/aromatic N) is 5. The van der Waals surface area contributed by atoms with Crippen molar-refractivity contribution in [1.82, 2.24) is 19.9 Å². The Hall–Kier alpha value is -3.50. The van der Waals surface area contributed by atoms with Crippen molar-refractivity contribution in [2.45, 2.75) is 25.4 Å². The predicted molar refractivity (Wildman–Crippen MR) is 125 cm³/mol. The molecule has 0 unspecified atom stereocenters. The number of aliphatic hydroxyl groups excluding tert-OH is 1. The van der Waals surface area contributed by atoms with E-state index in [2.05, 4.69) is 30.6 Å². The fraction of sp³-hybridized carbons (Fsp3) is 0.318. The molecule has 172 valence electrons. The molecule has 4 rings (SSSR count). The highest BCUT2D eigenvalue weighted by Crippen LogP contribution is 2.27. The molecule has 1 fully saturated rings. The van der Waals surface area contributed by atoms with Gasteiger partial charge in [-0.1, -0.05) is 17.7 Å². The summed E-state index contributed by atoms with van der Waals surface area (Å²) in [5, 5.41) is 16.2. The van der Waals surface area contributed by atoms with Gasteiger partial charge in [0.1, 0.15) is 23.5 Å². The number of hydrogen-bond donors (Lipinski definition) is 3. The van der Waals surface area contributed by atoms with Crippen LogP contribution in [0.1, 0.15) is 28.8 Å². The lowest BCUT2D eigenvalue weighted by molar-refractivity contribution is 0.102. The first-order chi connectivity index (χ1) is 16.1. The van der Waals surface area contributed by atoms with Crippen molar-refractivity contribution >= 4 is 35.0 Å². The van der Waals surface area contributed by atoms with Crippen molar-refractivity contribution in [3.8, 4) is 5.75 Å². The van der Waals surface area contributed by atoms with Gasteiger partial charge in [-0.15, -0.1) is 0 Å². The number of halogens is 1. The third-order valence-electron chi connectivity index (χ3n) is 5.36. The average Bonchev–Trinajstić information content (AvgIpc) is 3.32. The summed E-state index contributed by atoms with van der Waals surface area (Å²) < 4.78 is 5.20. The number of nitrogens with one attached hydrogen (secondary N) is 2. The Bertz CT molecular complexity index is 1120. The third kappa shape index (κ3) is 5.29. The first-order valence-electron chi connectivity index (χ1n) is 10.5. The van der Waals surface area contributed by atoms with Crippen molar-refractivity contribution in [3.63, 3.8) is 0 Å². The van der Waals surface area contributed by atoms with E-state index in [-0.39, 0.29) is 18.2 Å². The van der Waals surface area contributed by atoms with E-state index in [9.17, 15) is 9.90 Å². The van der Waals surface area contributed by atoms with Crippen molar-refractivity contribution in [3.05, 3.63) is 59.3 Å². The van der Waals surface area contributed by atoms with Crippen LogP contribution in [-0.4, -0.2) is 57.3 Å². The molecule has 0 saturated carbocycles. The van der Waals surface area contributed by atoms with E-state index in [0.29, 0.717) is 34.8 Å². The summed E-state index contributed by atoms with van der Waals surface area (Å²) in [4.78, 5) is 31.8. The van der Waals surface area contributed by atoms with Gasteiger partial charge >= 0.3 is 0 Å². The molecule has 10 nitrogen and oxygen atoms in total. The van der Waals surface area contributed by atoms with Crippen LogP contribution < -0.4 is 20.3 Å². The van der Waals surface area contributed by atoms with E-state index in [4.69, 9.17) is 16.3 Å². The maximum Gasteiger partial charge on any atom is 0.261 e. The van der Waals surface area contributed by atoms with Gasteiger partial charge in [-0.2, -0.15) is 4.98 Å². The van der Waals surface area contributed by atoms with Gasteiger partial charge in [-0.3, -0.25) is 4.79 Å². The Labute approximate surface area is 196 Å². The number of carbonyl (C=O) groups excluding carboxylic acids is 1. The molecule has 11 heteroatoms. The number of aromatic nitrogens is 4. The fourth-order valence-corrected chi connectivity index (χ4v) is 3.95.